The third-order valence-electron chi connectivity index (χ3n) is 8.16. The van der Waals surface area contributed by atoms with Crippen molar-refractivity contribution < 1.29 is 0 Å². The molecule has 0 N–H and O–H groups in total. The average Bonchev–Trinajstić information content (AvgIpc) is 2.84. The van der Waals surface area contributed by atoms with Crippen LogP contribution in [0.1, 0.15) is 111 Å². The van der Waals surface area contributed by atoms with E-state index in [0.717, 1.165) is 29.8 Å². The van der Waals surface area contributed by atoms with Crippen molar-refractivity contribution in [2.45, 2.75) is 129 Å². The standard InChI is InChI=1S/C23H43N/c1-18(2)23(3,4)24-21-16-12-7-5-6-10-14-19(21)20-15-11-8-9-13-17-22(20)24/h18-22H,5-17H2,1-4H3. The number of rotatable bonds is 2. The molecule has 1 aliphatic heterocycles. The van der Waals surface area contributed by atoms with Gasteiger partial charge in [-0.15, -0.1) is 0 Å². The van der Waals surface area contributed by atoms with E-state index in [4.69, 9.17) is 0 Å². The highest BCUT2D eigenvalue weighted by molar-refractivity contribution is 5.06. The van der Waals surface area contributed by atoms with Crippen LogP contribution < -0.4 is 0 Å². The Bertz CT molecular complexity index is 385. The molecule has 1 heteroatoms. The van der Waals surface area contributed by atoms with Crippen LogP contribution in [0, 0.1) is 17.8 Å². The summed E-state index contributed by atoms with van der Waals surface area (Å²) in [5.74, 6) is 2.76. The highest BCUT2D eigenvalue weighted by atomic mass is 15.3. The Morgan fingerprint density at radius 1 is 0.625 bits per heavy atom. The molecule has 2 aliphatic carbocycles. The smallest absolute Gasteiger partial charge is 0.0182 e. The number of nitrogens with zero attached hydrogens (tertiary/aromatic N) is 1. The molecule has 4 atom stereocenters. The summed E-state index contributed by atoms with van der Waals surface area (Å²) < 4.78 is 0. The molecule has 3 fully saturated rings. The van der Waals surface area contributed by atoms with Gasteiger partial charge in [-0.05, 0) is 57.3 Å². The zero-order chi connectivity index (χ0) is 17.2. The molecule has 3 aliphatic rings. The van der Waals surface area contributed by atoms with E-state index >= 15 is 0 Å². The van der Waals surface area contributed by atoms with E-state index in [0.29, 0.717) is 5.54 Å². The van der Waals surface area contributed by atoms with E-state index in [1.54, 1.807) is 0 Å². The summed E-state index contributed by atoms with van der Waals surface area (Å²) in [7, 11) is 0. The number of hydrogen-bond acceptors (Lipinski definition) is 1. The maximum atomic E-state index is 3.10. The zero-order valence-corrected chi connectivity index (χ0v) is 17.0. The van der Waals surface area contributed by atoms with Crippen molar-refractivity contribution in [2.75, 3.05) is 0 Å². The van der Waals surface area contributed by atoms with E-state index in [1.807, 2.05) is 0 Å². The van der Waals surface area contributed by atoms with E-state index < -0.39 is 0 Å². The van der Waals surface area contributed by atoms with Crippen molar-refractivity contribution in [3.8, 4) is 0 Å². The number of hydrogen-bond donors (Lipinski definition) is 0. The Morgan fingerprint density at radius 2 is 1.00 bits per heavy atom. The van der Waals surface area contributed by atoms with Gasteiger partial charge in [0.25, 0.3) is 0 Å². The fourth-order valence-electron chi connectivity index (χ4n) is 6.25. The van der Waals surface area contributed by atoms with Crippen molar-refractivity contribution in [3.63, 3.8) is 0 Å². The van der Waals surface area contributed by atoms with Gasteiger partial charge in [-0.2, -0.15) is 0 Å². The minimum atomic E-state index is 0.357. The first kappa shape index (κ1) is 18.7. The molecule has 0 amide bonds. The quantitative estimate of drug-likeness (QED) is 0.537. The molecule has 1 heterocycles. The van der Waals surface area contributed by atoms with Gasteiger partial charge in [0, 0.05) is 17.6 Å². The lowest BCUT2D eigenvalue weighted by atomic mass is 9.77. The normalized spacial score (nSPS) is 36.9. The predicted octanol–water partition coefficient (Wildman–Crippen LogP) is 6.80. The topological polar surface area (TPSA) is 3.24 Å². The fraction of sp³-hybridized carbons (Fsp3) is 1.00. The summed E-state index contributed by atoms with van der Waals surface area (Å²) in [5, 5.41) is 0. The molecule has 0 bridgehead atoms. The minimum absolute atomic E-state index is 0.357. The summed E-state index contributed by atoms with van der Waals surface area (Å²) in [6.07, 6.45) is 19.4. The maximum absolute atomic E-state index is 3.10. The monoisotopic (exact) mass is 333 g/mol. The number of likely N-dealkylation sites (tertiary alicyclic amines) is 1. The Kier molecular flexibility index (Phi) is 6.33. The predicted molar refractivity (Wildman–Crippen MR) is 105 cm³/mol. The molecule has 24 heavy (non-hydrogen) atoms. The van der Waals surface area contributed by atoms with Crippen LogP contribution in [0.25, 0.3) is 0 Å². The molecule has 0 aromatic rings. The van der Waals surface area contributed by atoms with Crippen LogP contribution in [-0.4, -0.2) is 22.5 Å². The molecular formula is C23H43N. The Balaban J connectivity index is 1.92. The molecule has 0 aromatic heterocycles. The molecule has 0 aromatic carbocycles. The molecule has 2 saturated carbocycles. The molecule has 4 unspecified atom stereocenters. The summed E-state index contributed by atoms with van der Waals surface area (Å²) in [5.41, 5.74) is 0.357. The van der Waals surface area contributed by atoms with Crippen LogP contribution in [0.2, 0.25) is 0 Å². The molecule has 3 rings (SSSR count). The second kappa shape index (κ2) is 8.11. The average molecular weight is 334 g/mol. The summed E-state index contributed by atoms with van der Waals surface area (Å²) in [4.78, 5) is 3.10. The highest BCUT2D eigenvalue weighted by Crippen LogP contribution is 2.50. The minimum Gasteiger partial charge on any atom is -0.291 e. The molecule has 0 radical (unpaired) electrons. The maximum Gasteiger partial charge on any atom is 0.0182 e. The lowest BCUT2D eigenvalue weighted by molar-refractivity contribution is 0.00924. The zero-order valence-electron chi connectivity index (χ0n) is 17.0. The van der Waals surface area contributed by atoms with E-state index in [9.17, 15) is 0 Å². The van der Waals surface area contributed by atoms with Crippen molar-refractivity contribution in [3.05, 3.63) is 0 Å². The van der Waals surface area contributed by atoms with Crippen LogP contribution >= 0.6 is 0 Å². The first-order chi connectivity index (χ1) is 11.5. The fourth-order valence-corrected chi connectivity index (χ4v) is 6.25. The SMILES string of the molecule is CC(C)C(C)(C)N1C2CCCCCCCC2C2CCCCCCC21. The lowest BCUT2D eigenvalue weighted by Gasteiger charge is -2.47. The Hall–Kier alpha value is -0.0400. The second-order valence-corrected chi connectivity index (χ2v) is 10.0. The van der Waals surface area contributed by atoms with Crippen molar-refractivity contribution in [2.24, 2.45) is 17.8 Å². The van der Waals surface area contributed by atoms with Crippen molar-refractivity contribution in [1.29, 1.82) is 0 Å². The van der Waals surface area contributed by atoms with Gasteiger partial charge in [-0.25, -0.2) is 0 Å². The van der Waals surface area contributed by atoms with Gasteiger partial charge in [0.05, 0.1) is 0 Å². The Morgan fingerprint density at radius 3 is 1.42 bits per heavy atom. The first-order valence-corrected chi connectivity index (χ1v) is 11.3. The van der Waals surface area contributed by atoms with Crippen LogP contribution in [-0.2, 0) is 0 Å². The van der Waals surface area contributed by atoms with E-state index in [2.05, 4.69) is 32.6 Å². The molecule has 0 spiro atoms. The van der Waals surface area contributed by atoms with E-state index in [1.165, 1.54) is 83.5 Å². The van der Waals surface area contributed by atoms with Gasteiger partial charge >= 0.3 is 0 Å². The highest BCUT2D eigenvalue weighted by Gasteiger charge is 2.52. The lowest BCUT2D eigenvalue weighted by Crippen LogP contribution is -2.55. The van der Waals surface area contributed by atoms with Crippen LogP contribution in [0.3, 0.4) is 0 Å². The third-order valence-corrected chi connectivity index (χ3v) is 8.16. The second-order valence-electron chi connectivity index (χ2n) is 10.0. The summed E-state index contributed by atoms with van der Waals surface area (Å²) in [6.45, 7) is 10.0. The largest absolute Gasteiger partial charge is 0.291 e. The summed E-state index contributed by atoms with van der Waals surface area (Å²) >= 11 is 0. The van der Waals surface area contributed by atoms with Crippen LogP contribution in [0.5, 0.6) is 0 Å². The van der Waals surface area contributed by atoms with Gasteiger partial charge in [-0.1, -0.05) is 71.6 Å². The molecule has 1 saturated heterocycles. The van der Waals surface area contributed by atoms with Gasteiger partial charge in [-0.3, -0.25) is 4.90 Å². The van der Waals surface area contributed by atoms with Crippen LogP contribution in [0.15, 0.2) is 0 Å². The van der Waals surface area contributed by atoms with Gasteiger partial charge < -0.3 is 0 Å². The van der Waals surface area contributed by atoms with E-state index in [-0.39, 0.29) is 0 Å². The molecule has 1 nitrogen and oxygen atoms in total. The van der Waals surface area contributed by atoms with Crippen LogP contribution in [0.4, 0.5) is 0 Å². The summed E-state index contributed by atoms with van der Waals surface area (Å²) in [6, 6.07) is 1.77. The van der Waals surface area contributed by atoms with Crippen molar-refractivity contribution in [1.82, 2.24) is 4.90 Å². The Labute approximate surface area is 152 Å². The third kappa shape index (κ3) is 3.71. The number of fused-ring (bicyclic) bond motifs is 3. The van der Waals surface area contributed by atoms with Gasteiger partial charge in [0.2, 0.25) is 0 Å². The van der Waals surface area contributed by atoms with Crippen molar-refractivity contribution >= 4 is 0 Å². The molecular weight excluding hydrogens is 290 g/mol. The van der Waals surface area contributed by atoms with Gasteiger partial charge in [0.15, 0.2) is 0 Å². The molecule has 140 valence electrons. The first-order valence-electron chi connectivity index (χ1n) is 11.3. The van der Waals surface area contributed by atoms with Gasteiger partial charge in [0.1, 0.15) is 0 Å².